The van der Waals surface area contributed by atoms with E-state index in [1.807, 2.05) is 6.07 Å². The average Bonchev–Trinajstić information content (AvgIpc) is 3.07. The summed E-state index contributed by atoms with van der Waals surface area (Å²) in [4.78, 5) is 27.9. The molecule has 0 N–H and O–H groups in total. The van der Waals surface area contributed by atoms with E-state index in [9.17, 15) is 19.3 Å². The summed E-state index contributed by atoms with van der Waals surface area (Å²) in [6.07, 6.45) is 2.32. The zero-order chi connectivity index (χ0) is 18.3. The Labute approximate surface area is 147 Å². The fourth-order valence-corrected chi connectivity index (χ4v) is 3.32. The summed E-state index contributed by atoms with van der Waals surface area (Å²) in [5, 5.41) is 11.8. The van der Waals surface area contributed by atoms with Crippen molar-refractivity contribution in [2.45, 2.75) is 19.3 Å². The zero-order valence-electron chi connectivity index (χ0n) is 13.6. The number of aryl methyl sites for hydroxylation is 1. The lowest BCUT2D eigenvalue weighted by Crippen LogP contribution is -2.14. The van der Waals surface area contributed by atoms with Gasteiger partial charge in [-0.1, -0.05) is 18.2 Å². The number of pyridine rings is 1. The van der Waals surface area contributed by atoms with Crippen LogP contribution in [0.3, 0.4) is 0 Å². The van der Waals surface area contributed by atoms with Crippen LogP contribution in [0.2, 0.25) is 0 Å². The monoisotopic (exact) mass is 352 g/mol. The van der Waals surface area contributed by atoms with Crippen molar-refractivity contribution in [3.05, 3.63) is 75.2 Å². The summed E-state index contributed by atoms with van der Waals surface area (Å²) in [5.74, 6) is -1.87. The number of nitro benzene ring substituents is 1. The molecule has 0 spiro atoms. The predicted octanol–water partition coefficient (Wildman–Crippen LogP) is 3.99. The molecule has 2 aromatic carbocycles. The van der Waals surface area contributed by atoms with E-state index in [4.69, 9.17) is 4.74 Å². The van der Waals surface area contributed by atoms with Gasteiger partial charge in [0.15, 0.2) is 0 Å². The molecule has 6 nitrogen and oxygen atoms in total. The molecule has 7 heteroatoms. The number of ether oxygens (including phenoxy) is 1. The van der Waals surface area contributed by atoms with Gasteiger partial charge in [-0.25, -0.2) is 9.18 Å². The molecule has 1 aromatic heterocycles. The van der Waals surface area contributed by atoms with Crippen molar-refractivity contribution in [2.24, 2.45) is 0 Å². The lowest BCUT2D eigenvalue weighted by atomic mass is 10.0. The van der Waals surface area contributed by atoms with Gasteiger partial charge in [-0.15, -0.1) is 0 Å². The number of hydrogen-bond donors (Lipinski definition) is 0. The Hall–Kier alpha value is -3.35. The van der Waals surface area contributed by atoms with Crippen LogP contribution in [0.5, 0.6) is 5.75 Å². The molecule has 1 aliphatic carbocycles. The molecule has 130 valence electrons. The largest absolute Gasteiger partial charge is 0.415 e. The minimum atomic E-state index is -0.740. The van der Waals surface area contributed by atoms with E-state index in [2.05, 4.69) is 4.98 Å². The number of nitrogens with zero attached hydrogens (tertiary/aromatic N) is 2. The Bertz CT molecular complexity index is 1060. The standard InChI is InChI=1S/C19H13FN2O4/c20-11-8-9-16(22(24)25)17(10-11)26-19(23)18-12-4-1-2-6-14(12)21-15-7-3-5-13(15)18/h1-2,4,6,8-10H,3,5,7H2. The van der Waals surface area contributed by atoms with Gasteiger partial charge in [-0.3, -0.25) is 15.1 Å². The first-order chi connectivity index (χ1) is 12.5. The number of carbonyl (C=O) groups is 1. The van der Waals surface area contributed by atoms with Crippen molar-refractivity contribution in [1.82, 2.24) is 4.98 Å². The van der Waals surface area contributed by atoms with Crippen molar-refractivity contribution in [2.75, 3.05) is 0 Å². The van der Waals surface area contributed by atoms with Gasteiger partial charge < -0.3 is 4.74 Å². The Balaban J connectivity index is 1.84. The molecule has 0 saturated carbocycles. The highest BCUT2D eigenvalue weighted by Crippen LogP contribution is 2.33. The molecule has 0 fully saturated rings. The molecule has 0 bridgehead atoms. The number of halogens is 1. The number of fused-ring (bicyclic) bond motifs is 2. The van der Waals surface area contributed by atoms with Crippen molar-refractivity contribution in [3.63, 3.8) is 0 Å². The van der Waals surface area contributed by atoms with Crippen LogP contribution < -0.4 is 4.74 Å². The van der Waals surface area contributed by atoms with Gasteiger partial charge in [-0.05, 0) is 37.0 Å². The van der Waals surface area contributed by atoms with E-state index in [1.165, 1.54) is 0 Å². The van der Waals surface area contributed by atoms with Crippen molar-refractivity contribution < 1.29 is 18.8 Å². The Morgan fingerprint density at radius 2 is 2.00 bits per heavy atom. The highest BCUT2D eigenvalue weighted by atomic mass is 19.1. The Morgan fingerprint density at radius 1 is 1.19 bits per heavy atom. The number of carbonyl (C=O) groups excluding carboxylic acids is 1. The first kappa shape index (κ1) is 16.1. The summed E-state index contributed by atoms with van der Waals surface area (Å²) in [5.41, 5.74) is 2.18. The van der Waals surface area contributed by atoms with Crippen LogP contribution in [0.15, 0.2) is 42.5 Å². The van der Waals surface area contributed by atoms with Crippen LogP contribution in [-0.4, -0.2) is 15.9 Å². The third-order valence-corrected chi connectivity index (χ3v) is 4.44. The van der Waals surface area contributed by atoms with E-state index in [0.717, 1.165) is 42.3 Å². The number of rotatable bonds is 3. The zero-order valence-corrected chi connectivity index (χ0v) is 13.6. The molecule has 26 heavy (non-hydrogen) atoms. The average molecular weight is 352 g/mol. The molecule has 1 aliphatic rings. The molecule has 0 atom stereocenters. The third kappa shape index (κ3) is 2.67. The Morgan fingerprint density at radius 3 is 2.81 bits per heavy atom. The first-order valence-electron chi connectivity index (χ1n) is 8.11. The van der Waals surface area contributed by atoms with E-state index in [0.29, 0.717) is 22.9 Å². The molecular formula is C19H13FN2O4. The number of benzene rings is 2. The molecule has 1 heterocycles. The van der Waals surface area contributed by atoms with Gasteiger partial charge in [0.25, 0.3) is 0 Å². The fraction of sp³-hybridized carbons (Fsp3) is 0.158. The minimum absolute atomic E-state index is 0.349. The highest BCUT2D eigenvalue weighted by molar-refractivity contribution is 6.06. The summed E-state index contributed by atoms with van der Waals surface area (Å²) in [6, 6.07) is 9.95. The summed E-state index contributed by atoms with van der Waals surface area (Å²) < 4.78 is 18.8. The normalized spacial score (nSPS) is 12.8. The van der Waals surface area contributed by atoms with E-state index in [-0.39, 0.29) is 0 Å². The van der Waals surface area contributed by atoms with Crippen LogP contribution in [0, 0.1) is 15.9 Å². The maximum atomic E-state index is 13.5. The van der Waals surface area contributed by atoms with Crippen molar-refractivity contribution in [3.8, 4) is 5.75 Å². The summed E-state index contributed by atoms with van der Waals surface area (Å²) in [6.45, 7) is 0. The maximum Gasteiger partial charge on any atom is 0.344 e. The molecule has 0 aliphatic heterocycles. The lowest BCUT2D eigenvalue weighted by molar-refractivity contribution is -0.385. The van der Waals surface area contributed by atoms with Crippen molar-refractivity contribution in [1.29, 1.82) is 0 Å². The van der Waals surface area contributed by atoms with Gasteiger partial charge in [0.1, 0.15) is 5.82 Å². The van der Waals surface area contributed by atoms with Crippen LogP contribution >= 0.6 is 0 Å². The highest BCUT2D eigenvalue weighted by Gasteiger charge is 2.27. The van der Waals surface area contributed by atoms with Gasteiger partial charge >= 0.3 is 11.7 Å². The van der Waals surface area contributed by atoms with E-state index >= 15 is 0 Å². The Kier molecular flexibility index (Phi) is 3.84. The molecule has 0 radical (unpaired) electrons. The lowest BCUT2D eigenvalue weighted by Gasteiger charge is -2.12. The molecule has 0 unspecified atom stereocenters. The van der Waals surface area contributed by atoms with Crippen LogP contribution in [0.4, 0.5) is 10.1 Å². The number of nitro groups is 1. The third-order valence-electron chi connectivity index (χ3n) is 4.44. The maximum absolute atomic E-state index is 13.5. The van der Waals surface area contributed by atoms with Crippen LogP contribution in [-0.2, 0) is 12.8 Å². The molecule has 4 rings (SSSR count). The summed E-state index contributed by atoms with van der Waals surface area (Å²) in [7, 11) is 0. The summed E-state index contributed by atoms with van der Waals surface area (Å²) >= 11 is 0. The van der Waals surface area contributed by atoms with Crippen molar-refractivity contribution >= 4 is 22.6 Å². The molecule has 3 aromatic rings. The number of esters is 1. The molecular weight excluding hydrogens is 339 g/mol. The van der Waals surface area contributed by atoms with Crippen LogP contribution in [0.25, 0.3) is 10.9 Å². The second-order valence-corrected chi connectivity index (χ2v) is 6.04. The predicted molar refractivity (Wildman–Crippen MR) is 91.8 cm³/mol. The number of aromatic nitrogens is 1. The second kappa shape index (κ2) is 6.18. The van der Waals surface area contributed by atoms with Gasteiger partial charge in [0.05, 0.1) is 16.0 Å². The topological polar surface area (TPSA) is 82.3 Å². The minimum Gasteiger partial charge on any atom is -0.415 e. The SMILES string of the molecule is O=C(Oc1cc(F)ccc1[N+](=O)[O-])c1c2c(nc3ccccc13)CCC2. The molecule has 0 amide bonds. The first-order valence-corrected chi connectivity index (χ1v) is 8.11. The van der Waals surface area contributed by atoms with Gasteiger partial charge in [0.2, 0.25) is 5.75 Å². The quantitative estimate of drug-likeness (QED) is 0.308. The van der Waals surface area contributed by atoms with E-state index < -0.39 is 28.1 Å². The molecule has 0 saturated heterocycles. The van der Waals surface area contributed by atoms with Gasteiger partial charge in [-0.2, -0.15) is 0 Å². The van der Waals surface area contributed by atoms with E-state index in [1.54, 1.807) is 18.2 Å². The second-order valence-electron chi connectivity index (χ2n) is 6.04. The fourth-order valence-electron chi connectivity index (χ4n) is 3.32. The smallest absolute Gasteiger partial charge is 0.344 e. The van der Waals surface area contributed by atoms with Gasteiger partial charge in [0, 0.05) is 23.2 Å². The number of para-hydroxylation sites is 1. The number of hydrogen-bond acceptors (Lipinski definition) is 5. The van der Waals surface area contributed by atoms with Crippen LogP contribution in [0.1, 0.15) is 28.0 Å².